The number of amides is 2. The molecule has 0 bridgehead atoms. The first-order valence-electron chi connectivity index (χ1n) is 24.5. The van der Waals surface area contributed by atoms with Gasteiger partial charge in [0.15, 0.2) is 0 Å². The predicted octanol–water partition coefficient (Wildman–Crippen LogP) is 12.4. The minimum atomic E-state index is 0.0834. The van der Waals surface area contributed by atoms with Gasteiger partial charge in [0.05, 0.1) is 14.2 Å². The zero-order valence-corrected chi connectivity index (χ0v) is 39.7. The van der Waals surface area contributed by atoms with Crippen molar-refractivity contribution in [1.82, 2.24) is 20.9 Å². The molecule has 5 rings (SSSR count). The number of nitrogens with one attached hydrogen (secondary N) is 3. The summed E-state index contributed by atoms with van der Waals surface area (Å²) in [6.07, 6.45) is 15.8. The standard InChI is InChI=1S/C57H76N4O4/c1-4-5-6-7-8-9-20-41-61(45-53-22-15-17-24-55(53)65-3)57(63)26-13-11-19-40-59-43-47-29-33-49(34-30-47)51-37-35-50(36-38-51)48-31-27-46(28-32-48)42-58-39-18-10-12-25-56(62)60-44-52-21-14-16-23-54(52)64-2/h14-17,21-24,27-38,58-59H,4-13,18-20,25-26,39-45H2,1-3H3,(H,60,62). The van der Waals surface area contributed by atoms with Gasteiger partial charge in [0.2, 0.25) is 11.8 Å². The van der Waals surface area contributed by atoms with E-state index in [0.717, 1.165) is 100 Å². The minimum absolute atomic E-state index is 0.0834. The Morgan fingerprint density at radius 1 is 0.477 bits per heavy atom. The number of rotatable bonds is 32. The number of carbonyl (C=O) groups is 2. The summed E-state index contributed by atoms with van der Waals surface area (Å²) >= 11 is 0. The second-order valence-corrected chi connectivity index (χ2v) is 17.3. The molecule has 0 aliphatic rings. The lowest BCUT2D eigenvalue weighted by Crippen LogP contribution is -2.31. The molecule has 0 aromatic heterocycles. The second kappa shape index (κ2) is 29.9. The highest BCUT2D eigenvalue weighted by atomic mass is 16.5. The summed E-state index contributed by atoms with van der Waals surface area (Å²) < 4.78 is 11.0. The number of nitrogens with zero attached hydrogens (tertiary/aromatic N) is 1. The lowest BCUT2D eigenvalue weighted by molar-refractivity contribution is -0.132. The van der Waals surface area contributed by atoms with Crippen LogP contribution in [0.2, 0.25) is 0 Å². The molecule has 2 amide bonds. The van der Waals surface area contributed by atoms with Crippen LogP contribution in [0, 0.1) is 0 Å². The molecule has 0 aliphatic heterocycles. The highest BCUT2D eigenvalue weighted by Gasteiger charge is 2.16. The van der Waals surface area contributed by atoms with Gasteiger partial charge in [-0.1, -0.05) is 167 Å². The summed E-state index contributed by atoms with van der Waals surface area (Å²) in [5, 5.41) is 10.2. The fourth-order valence-corrected chi connectivity index (χ4v) is 8.25. The SMILES string of the molecule is CCCCCCCCCN(Cc1ccccc1OC)C(=O)CCCCCNCc1ccc(-c2ccc(-c3ccc(CNCCCCCC(=O)NCc4ccccc4OC)cc3)cc2)cc1. The molecule has 0 heterocycles. The van der Waals surface area contributed by atoms with Gasteiger partial charge in [0.25, 0.3) is 0 Å². The molecule has 0 aliphatic carbocycles. The van der Waals surface area contributed by atoms with Crippen molar-refractivity contribution in [2.24, 2.45) is 0 Å². The number of hydrogen-bond donors (Lipinski definition) is 3. The van der Waals surface area contributed by atoms with Gasteiger partial charge in [-0.05, 0) is 90.7 Å². The topological polar surface area (TPSA) is 91.9 Å². The number of benzene rings is 5. The van der Waals surface area contributed by atoms with E-state index in [1.807, 2.05) is 42.5 Å². The molecular formula is C57H76N4O4. The smallest absolute Gasteiger partial charge is 0.222 e. The molecule has 0 atom stereocenters. The minimum Gasteiger partial charge on any atom is -0.496 e. The van der Waals surface area contributed by atoms with E-state index in [2.05, 4.69) is 107 Å². The van der Waals surface area contributed by atoms with Crippen LogP contribution in [0.3, 0.4) is 0 Å². The number of carbonyl (C=O) groups excluding carboxylic acids is 2. The summed E-state index contributed by atoms with van der Waals surface area (Å²) in [6.45, 7) is 7.70. The van der Waals surface area contributed by atoms with Gasteiger partial charge in [-0.15, -0.1) is 0 Å². The normalized spacial score (nSPS) is 11.1. The summed E-state index contributed by atoms with van der Waals surface area (Å²) in [4.78, 5) is 27.8. The van der Waals surface area contributed by atoms with Crippen LogP contribution >= 0.6 is 0 Å². The summed E-state index contributed by atoms with van der Waals surface area (Å²) in [6, 6.07) is 42.3. The highest BCUT2D eigenvalue weighted by molar-refractivity contribution is 5.76. The predicted molar refractivity (Wildman–Crippen MR) is 269 cm³/mol. The van der Waals surface area contributed by atoms with Crippen molar-refractivity contribution in [3.8, 4) is 33.8 Å². The molecule has 0 fully saturated rings. The van der Waals surface area contributed by atoms with E-state index in [-0.39, 0.29) is 11.8 Å². The molecule has 65 heavy (non-hydrogen) atoms. The number of unbranched alkanes of at least 4 members (excludes halogenated alkanes) is 10. The molecule has 0 spiro atoms. The maximum absolute atomic E-state index is 13.4. The average Bonchev–Trinajstić information content (AvgIpc) is 3.35. The van der Waals surface area contributed by atoms with Crippen LogP contribution in [0.25, 0.3) is 22.3 Å². The Morgan fingerprint density at radius 3 is 1.46 bits per heavy atom. The summed E-state index contributed by atoms with van der Waals surface area (Å²) in [5.41, 5.74) is 9.44. The molecular weight excluding hydrogens is 805 g/mol. The van der Waals surface area contributed by atoms with E-state index in [1.54, 1.807) is 14.2 Å². The molecule has 0 saturated heterocycles. The molecule has 5 aromatic rings. The monoisotopic (exact) mass is 881 g/mol. The van der Waals surface area contributed by atoms with Crippen molar-refractivity contribution >= 4 is 11.8 Å². The zero-order valence-electron chi connectivity index (χ0n) is 39.7. The first-order valence-corrected chi connectivity index (χ1v) is 24.5. The van der Waals surface area contributed by atoms with Crippen LogP contribution < -0.4 is 25.4 Å². The van der Waals surface area contributed by atoms with Crippen molar-refractivity contribution in [2.75, 3.05) is 33.9 Å². The quantitative estimate of drug-likeness (QED) is 0.0373. The maximum atomic E-state index is 13.4. The first-order chi connectivity index (χ1) is 32.0. The van der Waals surface area contributed by atoms with Gasteiger partial charge in [-0.25, -0.2) is 0 Å². The molecule has 0 unspecified atom stereocenters. The molecule has 8 heteroatoms. The van der Waals surface area contributed by atoms with Gasteiger partial charge >= 0.3 is 0 Å². The Balaban J connectivity index is 0.931. The maximum Gasteiger partial charge on any atom is 0.222 e. The van der Waals surface area contributed by atoms with Crippen molar-refractivity contribution in [2.45, 2.75) is 129 Å². The van der Waals surface area contributed by atoms with Crippen molar-refractivity contribution in [1.29, 1.82) is 0 Å². The summed E-state index contributed by atoms with van der Waals surface area (Å²) in [5.74, 6) is 1.99. The number of methoxy groups -OCH3 is 2. The molecule has 0 saturated carbocycles. The van der Waals surface area contributed by atoms with Crippen molar-refractivity contribution in [3.63, 3.8) is 0 Å². The first kappa shape index (κ1) is 50.6. The molecule has 348 valence electrons. The van der Waals surface area contributed by atoms with Crippen LogP contribution in [-0.2, 0) is 35.8 Å². The number of para-hydroxylation sites is 2. The third kappa shape index (κ3) is 18.5. The van der Waals surface area contributed by atoms with Crippen LogP contribution in [0.4, 0.5) is 0 Å². The molecule has 0 radical (unpaired) electrons. The van der Waals surface area contributed by atoms with Crippen LogP contribution in [0.5, 0.6) is 11.5 Å². The van der Waals surface area contributed by atoms with Crippen LogP contribution in [0.1, 0.15) is 125 Å². The lowest BCUT2D eigenvalue weighted by atomic mass is 9.99. The van der Waals surface area contributed by atoms with Gasteiger partial charge in [-0.2, -0.15) is 0 Å². The molecule has 5 aromatic carbocycles. The zero-order chi connectivity index (χ0) is 45.7. The Kier molecular flexibility index (Phi) is 23.3. The van der Waals surface area contributed by atoms with Gasteiger partial charge in [0, 0.05) is 56.7 Å². The fraction of sp³-hybridized carbons (Fsp3) is 0.439. The second-order valence-electron chi connectivity index (χ2n) is 17.3. The van der Waals surface area contributed by atoms with E-state index >= 15 is 0 Å². The largest absolute Gasteiger partial charge is 0.496 e. The molecule has 8 nitrogen and oxygen atoms in total. The van der Waals surface area contributed by atoms with Crippen LogP contribution in [-0.4, -0.2) is 50.6 Å². The Labute approximate surface area is 390 Å². The Bertz CT molecular complexity index is 2080. The third-order valence-corrected chi connectivity index (χ3v) is 12.2. The van der Waals surface area contributed by atoms with Crippen LogP contribution in [0.15, 0.2) is 121 Å². The Morgan fingerprint density at radius 2 is 0.923 bits per heavy atom. The van der Waals surface area contributed by atoms with Gasteiger partial charge in [-0.3, -0.25) is 9.59 Å². The van der Waals surface area contributed by atoms with Gasteiger partial charge in [0.1, 0.15) is 11.5 Å². The fourth-order valence-electron chi connectivity index (χ4n) is 8.25. The van der Waals surface area contributed by atoms with Gasteiger partial charge < -0.3 is 30.3 Å². The average molecular weight is 881 g/mol. The van der Waals surface area contributed by atoms with E-state index in [9.17, 15) is 9.59 Å². The third-order valence-electron chi connectivity index (χ3n) is 12.2. The number of hydrogen-bond acceptors (Lipinski definition) is 6. The van der Waals surface area contributed by atoms with E-state index in [4.69, 9.17) is 9.47 Å². The summed E-state index contributed by atoms with van der Waals surface area (Å²) in [7, 11) is 3.35. The highest BCUT2D eigenvalue weighted by Crippen LogP contribution is 2.26. The Hall–Kier alpha value is -5.44. The van der Waals surface area contributed by atoms with Crippen molar-refractivity contribution in [3.05, 3.63) is 144 Å². The van der Waals surface area contributed by atoms with E-state index < -0.39 is 0 Å². The number of ether oxygens (including phenoxy) is 2. The van der Waals surface area contributed by atoms with E-state index in [0.29, 0.717) is 25.9 Å². The van der Waals surface area contributed by atoms with Crippen molar-refractivity contribution < 1.29 is 19.1 Å². The molecule has 3 N–H and O–H groups in total. The lowest BCUT2D eigenvalue weighted by Gasteiger charge is -2.24. The van der Waals surface area contributed by atoms with E-state index in [1.165, 1.54) is 71.9 Å².